The zero-order valence-corrected chi connectivity index (χ0v) is 16.5. The van der Waals surface area contributed by atoms with Crippen LogP contribution in [0.3, 0.4) is 0 Å². The normalized spacial score (nSPS) is 12.4. The van der Waals surface area contributed by atoms with E-state index >= 15 is 0 Å². The minimum absolute atomic E-state index is 0.0156. The smallest absolute Gasteiger partial charge is 0.266 e. The van der Waals surface area contributed by atoms with Crippen molar-refractivity contribution in [3.63, 3.8) is 0 Å². The molecular weight excluding hydrogens is 444 g/mol. The second-order valence-electron chi connectivity index (χ2n) is 6.34. The van der Waals surface area contributed by atoms with Crippen molar-refractivity contribution in [3.05, 3.63) is 75.8 Å². The van der Waals surface area contributed by atoms with Gasteiger partial charge in [0.25, 0.3) is 5.91 Å². The Morgan fingerprint density at radius 3 is 2.13 bits per heavy atom. The van der Waals surface area contributed by atoms with Crippen LogP contribution in [-0.4, -0.2) is 17.1 Å². The highest BCUT2D eigenvalue weighted by molar-refractivity contribution is 7.17. The van der Waals surface area contributed by atoms with Crippen LogP contribution in [0.1, 0.15) is 32.1 Å². The molecule has 0 aliphatic rings. The van der Waals surface area contributed by atoms with Gasteiger partial charge in [-0.05, 0) is 30.7 Å². The van der Waals surface area contributed by atoms with Gasteiger partial charge in [0.1, 0.15) is 9.88 Å². The summed E-state index contributed by atoms with van der Waals surface area (Å²) >= 11 is 1.08. The molecule has 31 heavy (non-hydrogen) atoms. The van der Waals surface area contributed by atoms with Gasteiger partial charge >= 0.3 is 12.4 Å². The number of nitrogens with one attached hydrogen (secondary N) is 1. The number of hydrogen-bond donors (Lipinski definition) is 1. The van der Waals surface area contributed by atoms with Crippen molar-refractivity contribution >= 4 is 23.5 Å². The summed E-state index contributed by atoms with van der Waals surface area (Å²) < 4.78 is 77.4. The van der Waals surface area contributed by atoms with Crippen LogP contribution >= 0.6 is 11.3 Å². The summed E-state index contributed by atoms with van der Waals surface area (Å²) in [6.07, 6.45) is -9.22. The van der Waals surface area contributed by atoms with Gasteiger partial charge in [-0.15, -0.1) is 11.3 Å². The van der Waals surface area contributed by atoms with Gasteiger partial charge in [0.15, 0.2) is 0 Å². The van der Waals surface area contributed by atoms with Crippen molar-refractivity contribution in [1.29, 1.82) is 0 Å². The second-order valence-corrected chi connectivity index (χ2v) is 7.34. The van der Waals surface area contributed by atoms with Gasteiger partial charge in [-0.1, -0.05) is 30.3 Å². The lowest BCUT2D eigenvalue weighted by Gasteiger charge is -2.12. The monoisotopic (exact) mass is 457 g/mol. The second kappa shape index (κ2) is 8.50. The Balaban J connectivity index is 1.81. The van der Waals surface area contributed by atoms with E-state index in [9.17, 15) is 31.1 Å². The number of benzene rings is 2. The number of alkyl halides is 6. The maximum absolute atomic E-state index is 12.9. The zero-order chi connectivity index (χ0) is 22.8. The van der Waals surface area contributed by atoms with Gasteiger partial charge in [-0.25, -0.2) is 10.4 Å². The molecule has 0 bridgehead atoms. The van der Waals surface area contributed by atoms with Crippen LogP contribution in [0.5, 0.6) is 0 Å². The number of carbonyl (C=O) groups excluding carboxylic acids is 1. The first-order chi connectivity index (χ1) is 14.4. The van der Waals surface area contributed by atoms with Gasteiger partial charge in [0.2, 0.25) is 0 Å². The third kappa shape index (κ3) is 5.48. The molecule has 4 nitrogen and oxygen atoms in total. The lowest BCUT2D eigenvalue weighted by molar-refractivity contribution is -0.143. The summed E-state index contributed by atoms with van der Waals surface area (Å²) in [6.45, 7) is 1.60. The molecule has 1 amide bonds. The molecule has 2 aromatic carbocycles. The Labute approximate surface area is 176 Å². The van der Waals surface area contributed by atoms with Gasteiger partial charge in [-0.2, -0.15) is 31.4 Å². The van der Waals surface area contributed by atoms with Crippen molar-refractivity contribution in [2.75, 3.05) is 0 Å². The molecule has 11 heteroatoms. The Bertz CT molecular complexity index is 1090. The van der Waals surface area contributed by atoms with Crippen LogP contribution in [-0.2, 0) is 12.4 Å². The highest BCUT2D eigenvalue weighted by atomic mass is 32.1. The molecule has 0 spiro atoms. The Hall–Kier alpha value is -3.21. The molecule has 0 aliphatic heterocycles. The van der Waals surface area contributed by atoms with E-state index in [1.54, 1.807) is 19.1 Å². The highest BCUT2D eigenvalue weighted by Gasteiger charge is 2.36. The molecule has 0 aliphatic carbocycles. The summed E-state index contributed by atoms with van der Waals surface area (Å²) in [5, 5.41) is 4.09. The van der Waals surface area contributed by atoms with Crippen molar-refractivity contribution in [3.8, 4) is 10.6 Å². The average molecular weight is 457 g/mol. The van der Waals surface area contributed by atoms with E-state index in [1.807, 2.05) is 18.2 Å². The van der Waals surface area contributed by atoms with Gasteiger partial charge in [-0.3, -0.25) is 4.79 Å². The third-order valence-electron chi connectivity index (χ3n) is 4.01. The first-order valence-electron chi connectivity index (χ1n) is 8.61. The number of aromatic nitrogens is 1. The van der Waals surface area contributed by atoms with E-state index < -0.39 is 35.0 Å². The first kappa shape index (κ1) is 22.5. The fraction of sp³-hybridized carbons (Fsp3) is 0.150. The number of carbonyl (C=O) groups is 1. The van der Waals surface area contributed by atoms with Crippen LogP contribution in [0.15, 0.2) is 53.6 Å². The number of amides is 1. The van der Waals surface area contributed by atoms with Gasteiger partial charge in [0.05, 0.1) is 23.0 Å². The fourth-order valence-corrected chi connectivity index (χ4v) is 3.54. The molecule has 0 atom stereocenters. The van der Waals surface area contributed by atoms with E-state index in [-0.39, 0.29) is 10.9 Å². The van der Waals surface area contributed by atoms with E-state index in [4.69, 9.17) is 0 Å². The SMILES string of the molecule is Cc1nc(-c2ccccc2)sc1C(=O)NN=Cc1cc(C(F)(F)F)cc(C(F)(F)F)c1. The minimum Gasteiger partial charge on any atom is -0.266 e. The number of rotatable bonds is 4. The van der Waals surface area contributed by atoms with Gasteiger partial charge in [0, 0.05) is 5.56 Å². The third-order valence-corrected chi connectivity index (χ3v) is 5.22. The Kier molecular flexibility index (Phi) is 6.16. The standard InChI is InChI=1S/C20H13F6N3OS/c1-11-16(31-18(28-11)13-5-3-2-4-6-13)17(30)29-27-10-12-7-14(19(21,22)23)9-15(8-12)20(24,25)26/h2-10H,1H3,(H,29,30). The average Bonchev–Trinajstić information content (AvgIpc) is 3.09. The molecule has 0 radical (unpaired) electrons. The molecule has 3 rings (SSSR count). The van der Waals surface area contributed by atoms with Crippen molar-refractivity contribution in [2.24, 2.45) is 5.10 Å². The molecule has 1 heterocycles. The predicted molar refractivity (Wildman–Crippen MR) is 104 cm³/mol. The van der Waals surface area contributed by atoms with Crippen LogP contribution in [0.4, 0.5) is 26.3 Å². The largest absolute Gasteiger partial charge is 0.416 e. The van der Waals surface area contributed by atoms with E-state index in [1.165, 1.54) is 0 Å². The molecule has 1 aromatic heterocycles. The van der Waals surface area contributed by atoms with Crippen LogP contribution in [0, 0.1) is 6.92 Å². The molecule has 3 aromatic rings. The van der Waals surface area contributed by atoms with Crippen LogP contribution < -0.4 is 5.43 Å². The van der Waals surface area contributed by atoms with Crippen molar-refractivity contribution < 1.29 is 31.1 Å². The fourth-order valence-electron chi connectivity index (χ4n) is 2.58. The Morgan fingerprint density at radius 2 is 1.58 bits per heavy atom. The molecule has 0 unspecified atom stereocenters. The lowest BCUT2D eigenvalue weighted by Crippen LogP contribution is -2.17. The zero-order valence-electron chi connectivity index (χ0n) is 15.7. The van der Waals surface area contributed by atoms with Crippen LogP contribution in [0.2, 0.25) is 0 Å². The number of nitrogens with zero attached hydrogens (tertiary/aromatic N) is 2. The number of thiazole rings is 1. The number of halogens is 6. The van der Waals surface area contributed by atoms with E-state index in [2.05, 4.69) is 15.5 Å². The van der Waals surface area contributed by atoms with E-state index in [0.29, 0.717) is 22.8 Å². The lowest BCUT2D eigenvalue weighted by atomic mass is 10.1. The molecule has 1 N–H and O–H groups in total. The number of hydrogen-bond acceptors (Lipinski definition) is 4. The summed E-state index contributed by atoms with van der Waals surface area (Å²) in [5.74, 6) is -0.684. The predicted octanol–water partition coefficient (Wildman–Crippen LogP) is 5.92. The first-order valence-corrected chi connectivity index (χ1v) is 9.42. The van der Waals surface area contributed by atoms with Crippen molar-refractivity contribution in [1.82, 2.24) is 10.4 Å². The van der Waals surface area contributed by atoms with Crippen LogP contribution in [0.25, 0.3) is 10.6 Å². The number of hydrazone groups is 1. The van der Waals surface area contributed by atoms with Gasteiger partial charge < -0.3 is 0 Å². The maximum atomic E-state index is 12.9. The van der Waals surface area contributed by atoms with E-state index in [0.717, 1.165) is 23.1 Å². The quantitative estimate of drug-likeness (QED) is 0.300. The summed E-state index contributed by atoms with van der Waals surface area (Å²) in [4.78, 5) is 16.9. The Morgan fingerprint density at radius 1 is 1.00 bits per heavy atom. The molecule has 162 valence electrons. The molecule has 0 saturated carbocycles. The summed E-state index contributed by atoms with van der Waals surface area (Å²) in [7, 11) is 0. The number of aryl methyl sites for hydroxylation is 1. The molecular formula is C20H13F6N3OS. The molecule has 0 saturated heterocycles. The van der Waals surface area contributed by atoms with Crippen molar-refractivity contribution in [2.45, 2.75) is 19.3 Å². The molecule has 0 fully saturated rings. The summed E-state index contributed by atoms with van der Waals surface area (Å²) in [6, 6.07) is 10.1. The topological polar surface area (TPSA) is 54.4 Å². The highest BCUT2D eigenvalue weighted by Crippen LogP contribution is 2.36. The summed E-state index contributed by atoms with van der Waals surface area (Å²) in [5.41, 5.74) is -0.0939. The minimum atomic E-state index is -4.97. The maximum Gasteiger partial charge on any atom is 0.416 e.